The lowest BCUT2D eigenvalue weighted by Gasteiger charge is -2.12. The van der Waals surface area contributed by atoms with Crippen molar-refractivity contribution in [1.29, 1.82) is 0 Å². The summed E-state index contributed by atoms with van der Waals surface area (Å²) in [6.07, 6.45) is 34.0. The Balaban J connectivity index is 1.61. The molecule has 1 unspecified atom stereocenters. The minimum absolute atomic E-state index is 0.516. The molecule has 3 aromatic rings. The van der Waals surface area contributed by atoms with E-state index in [9.17, 15) is 0 Å². The third-order valence-corrected chi connectivity index (χ3v) is 10.1. The van der Waals surface area contributed by atoms with Crippen LogP contribution in [-0.2, 0) is 25.9 Å². The molecule has 1 heterocycles. The molecule has 0 saturated carbocycles. The molecule has 2 aromatic carbocycles. The normalized spacial score (nSPS) is 12.2. The van der Waals surface area contributed by atoms with E-state index in [2.05, 4.69) is 96.8 Å². The molecule has 0 aliphatic heterocycles. The van der Waals surface area contributed by atoms with Gasteiger partial charge in [0.2, 0.25) is 0 Å². The first-order valence-corrected chi connectivity index (χ1v) is 19.9. The van der Waals surface area contributed by atoms with Crippen LogP contribution in [-0.4, -0.2) is 4.57 Å². The van der Waals surface area contributed by atoms with Crippen LogP contribution in [0, 0.1) is 0 Å². The topological polar surface area (TPSA) is 8.81 Å². The van der Waals surface area contributed by atoms with Crippen LogP contribution < -0.4 is 4.57 Å². The average Bonchev–Trinajstić information content (AvgIpc) is 3.39. The van der Waals surface area contributed by atoms with Crippen molar-refractivity contribution in [3.05, 3.63) is 89.5 Å². The van der Waals surface area contributed by atoms with Gasteiger partial charge in [0.05, 0.1) is 19.5 Å². The summed E-state index contributed by atoms with van der Waals surface area (Å²) in [7, 11) is 0. The highest BCUT2D eigenvalue weighted by molar-refractivity contribution is 5.21. The maximum absolute atomic E-state index is 2.75. The molecule has 1 aromatic heterocycles. The van der Waals surface area contributed by atoms with Gasteiger partial charge < -0.3 is 0 Å². The first-order valence-electron chi connectivity index (χ1n) is 19.9. The van der Waals surface area contributed by atoms with Gasteiger partial charge in [-0.25, -0.2) is 9.13 Å². The molecule has 0 bridgehead atoms. The van der Waals surface area contributed by atoms with E-state index >= 15 is 0 Å². The number of aryl methyl sites for hydroxylation is 1. The summed E-state index contributed by atoms with van der Waals surface area (Å²) >= 11 is 0. The molecule has 256 valence electrons. The van der Waals surface area contributed by atoms with Gasteiger partial charge in [0.15, 0.2) is 0 Å². The number of rotatable bonds is 28. The Morgan fingerprint density at radius 3 is 1.52 bits per heavy atom. The molecule has 0 radical (unpaired) electrons. The summed E-state index contributed by atoms with van der Waals surface area (Å²) in [5.74, 6) is 2.03. The van der Waals surface area contributed by atoms with Gasteiger partial charge in [-0.2, -0.15) is 0 Å². The van der Waals surface area contributed by atoms with Crippen LogP contribution in [0.3, 0.4) is 0 Å². The molecule has 46 heavy (non-hydrogen) atoms. The van der Waals surface area contributed by atoms with Crippen molar-refractivity contribution in [2.75, 3.05) is 0 Å². The number of imidazole rings is 1. The number of nitrogens with zero attached hydrogens (tertiary/aromatic N) is 2. The van der Waals surface area contributed by atoms with E-state index in [1.807, 2.05) is 0 Å². The van der Waals surface area contributed by atoms with E-state index in [1.165, 1.54) is 157 Å². The summed E-state index contributed by atoms with van der Waals surface area (Å²) in [6, 6.07) is 22.3. The predicted octanol–water partition coefficient (Wildman–Crippen LogP) is 12.9. The number of unbranched alkanes of at least 4 members (excludes halogenated alkanes) is 19. The lowest BCUT2D eigenvalue weighted by Crippen LogP contribution is -2.41. The van der Waals surface area contributed by atoms with E-state index in [1.54, 1.807) is 0 Å². The Labute approximate surface area is 285 Å². The number of hydrogen-bond donors (Lipinski definition) is 0. The Kier molecular flexibility index (Phi) is 20.5. The van der Waals surface area contributed by atoms with Crippen molar-refractivity contribution >= 4 is 0 Å². The molecule has 0 amide bonds. The maximum atomic E-state index is 2.75. The van der Waals surface area contributed by atoms with E-state index in [0.29, 0.717) is 5.92 Å². The highest BCUT2D eigenvalue weighted by atomic mass is 15.2. The van der Waals surface area contributed by atoms with Gasteiger partial charge >= 0.3 is 0 Å². The van der Waals surface area contributed by atoms with Gasteiger partial charge in [0, 0.05) is 6.42 Å². The quantitative estimate of drug-likeness (QED) is 0.0559. The maximum Gasteiger partial charge on any atom is 0.261 e. The van der Waals surface area contributed by atoms with E-state index in [4.69, 9.17) is 0 Å². The van der Waals surface area contributed by atoms with Crippen LogP contribution >= 0.6 is 0 Å². The lowest BCUT2D eigenvalue weighted by molar-refractivity contribution is -0.710. The van der Waals surface area contributed by atoms with Crippen molar-refractivity contribution in [2.24, 2.45) is 0 Å². The minimum Gasteiger partial charge on any atom is -0.234 e. The molecular weight excluding hydrogens is 556 g/mol. The van der Waals surface area contributed by atoms with E-state index in [0.717, 1.165) is 25.9 Å². The Hall–Kier alpha value is -2.35. The van der Waals surface area contributed by atoms with Gasteiger partial charge in [0.1, 0.15) is 11.9 Å². The lowest BCUT2D eigenvalue weighted by atomic mass is 9.96. The highest BCUT2D eigenvalue weighted by Gasteiger charge is 2.25. The van der Waals surface area contributed by atoms with Crippen molar-refractivity contribution < 1.29 is 4.57 Å². The number of hydrogen-bond acceptors (Lipinski definition) is 0. The zero-order valence-corrected chi connectivity index (χ0v) is 30.5. The molecule has 0 fully saturated rings. The largest absolute Gasteiger partial charge is 0.261 e. The smallest absolute Gasteiger partial charge is 0.234 e. The number of aromatic nitrogens is 2. The third kappa shape index (κ3) is 15.5. The fraction of sp³-hybridized carbons (Fsp3) is 0.659. The van der Waals surface area contributed by atoms with Crippen molar-refractivity contribution in [1.82, 2.24) is 4.57 Å². The average molecular weight is 628 g/mol. The Morgan fingerprint density at radius 2 is 1.00 bits per heavy atom. The van der Waals surface area contributed by atoms with Gasteiger partial charge in [-0.3, -0.25) is 0 Å². The molecule has 0 aliphatic carbocycles. The second-order valence-electron chi connectivity index (χ2n) is 14.3. The summed E-state index contributed by atoms with van der Waals surface area (Å²) in [6.45, 7) is 9.34. The van der Waals surface area contributed by atoms with Crippen LogP contribution in [0.1, 0.15) is 184 Å². The van der Waals surface area contributed by atoms with Crippen molar-refractivity contribution in [2.45, 2.75) is 187 Å². The summed E-state index contributed by atoms with van der Waals surface area (Å²) in [4.78, 5) is 0. The fourth-order valence-corrected chi connectivity index (χ4v) is 7.17. The minimum atomic E-state index is 0.516. The first kappa shape index (κ1) is 38.1. The van der Waals surface area contributed by atoms with Gasteiger partial charge in [-0.05, 0) is 42.7 Å². The summed E-state index contributed by atoms with van der Waals surface area (Å²) < 4.78 is 5.40. The predicted molar refractivity (Wildman–Crippen MR) is 201 cm³/mol. The van der Waals surface area contributed by atoms with E-state index < -0.39 is 0 Å². The first-order chi connectivity index (χ1) is 22.7. The molecule has 1 atom stereocenters. The molecule has 0 saturated heterocycles. The second kappa shape index (κ2) is 24.8. The van der Waals surface area contributed by atoms with Crippen LogP contribution in [0.2, 0.25) is 0 Å². The fourth-order valence-electron chi connectivity index (χ4n) is 7.17. The zero-order valence-electron chi connectivity index (χ0n) is 30.5. The summed E-state index contributed by atoms with van der Waals surface area (Å²) in [5, 5.41) is 0. The Morgan fingerprint density at radius 1 is 0.543 bits per heavy atom. The van der Waals surface area contributed by atoms with Crippen LogP contribution in [0.4, 0.5) is 0 Å². The molecule has 0 aliphatic rings. The van der Waals surface area contributed by atoms with Gasteiger partial charge in [-0.15, -0.1) is 0 Å². The van der Waals surface area contributed by atoms with Crippen LogP contribution in [0.25, 0.3) is 0 Å². The van der Waals surface area contributed by atoms with E-state index in [-0.39, 0.29) is 0 Å². The van der Waals surface area contributed by atoms with Gasteiger partial charge in [0.25, 0.3) is 5.82 Å². The standard InChI is InChI=1S/C44H71N2/c1-4-6-8-10-12-14-15-16-18-20-22-30-36-46-43(37-40(3)42-33-27-24-28-34-42)39-45(44(46)38-41-31-25-23-26-32-41)35-29-21-19-17-13-11-9-7-5-2/h23-28,31-34,39-40H,4-22,29-30,35-38H2,1-3H3/q+1. The number of benzene rings is 2. The Bertz CT molecular complexity index is 1120. The highest BCUT2D eigenvalue weighted by Crippen LogP contribution is 2.21. The molecule has 2 heteroatoms. The second-order valence-corrected chi connectivity index (χ2v) is 14.3. The third-order valence-electron chi connectivity index (χ3n) is 10.1. The molecule has 0 N–H and O–H groups in total. The van der Waals surface area contributed by atoms with Crippen molar-refractivity contribution in [3.8, 4) is 0 Å². The summed E-state index contributed by atoms with van der Waals surface area (Å²) in [5.41, 5.74) is 4.41. The van der Waals surface area contributed by atoms with Crippen LogP contribution in [0.5, 0.6) is 0 Å². The molecule has 0 spiro atoms. The molecule has 3 rings (SSSR count). The molecule has 2 nitrogen and oxygen atoms in total. The van der Waals surface area contributed by atoms with Crippen molar-refractivity contribution in [3.63, 3.8) is 0 Å². The monoisotopic (exact) mass is 628 g/mol. The molecular formula is C44H71N2+. The SMILES string of the molecule is CCCCCCCCCCCCCC[n+]1c(CC(C)c2ccccc2)cn(CCCCCCCCCCC)c1Cc1ccccc1. The van der Waals surface area contributed by atoms with Gasteiger partial charge in [-0.1, -0.05) is 191 Å². The zero-order chi connectivity index (χ0) is 32.5. The van der Waals surface area contributed by atoms with Crippen LogP contribution in [0.15, 0.2) is 66.9 Å².